The van der Waals surface area contributed by atoms with Gasteiger partial charge in [0.1, 0.15) is 5.52 Å². The van der Waals surface area contributed by atoms with Crippen LogP contribution in [0, 0.1) is 6.92 Å². The third-order valence-electron chi connectivity index (χ3n) is 2.76. The molecule has 0 atom stereocenters. The van der Waals surface area contributed by atoms with Crippen molar-refractivity contribution in [1.29, 1.82) is 0 Å². The molecule has 0 saturated heterocycles. The van der Waals surface area contributed by atoms with Crippen molar-refractivity contribution in [1.82, 2.24) is 15.0 Å². The van der Waals surface area contributed by atoms with Crippen molar-refractivity contribution in [2.24, 2.45) is 7.05 Å². The molecule has 1 heterocycles. The molecule has 0 unspecified atom stereocenters. The highest BCUT2D eigenvalue weighted by molar-refractivity contribution is 5.76. The van der Waals surface area contributed by atoms with Gasteiger partial charge in [-0.3, -0.25) is 0 Å². The summed E-state index contributed by atoms with van der Waals surface area (Å²) in [5.41, 5.74) is 4.89. The van der Waals surface area contributed by atoms with Gasteiger partial charge in [0.25, 0.3) is 0 Å². The lowest BCUT2D eigenvalue weighted by molar-refractivity contribution is 0.587. The minimum Gasteiger partial charge on any atom is -0.248 e. The molecule has 0 aliphatic rings. The van der Waals surface area contributed by atoms with Crippen molar-refractivity contribution < 1.29 is 0 Å². The van der Waals surface area contributed by atoms with E-state index in [4.69, 9.17) is 0 Å². The van der Waals surface area contributed by atoms with Crippen molar-refractivity contribution >= 4 is 11.0 Å². The average molecular weight is 203 g/mol. The molecule has 2 rings (SSSR count). The van der Waals surface area contributed by atoms with Gasteiger partial charge in [-0.1, -0.05) is 26.0 Å². The fourth-order valence-electron chi connectivity index (χ4n) is 1.99. The van der Waals surface area contributed by atoms with E-state index in [0.717, 1.165) is 11.0 Å². The van der Waals surface area contributed by atoms with E-state index in [2.05, 4.69) is 50.1 Å². The van der Waals surface area contributed by atoms with Gasteiger partial charge in [-0.05, 0) is 35.6 Å². The van der Waals surface area contributed by atoms with E-state index in [1.807, 2.05) is 11.7 Å². The van der Waals surface area contributed by atoms with E-state index >= 15 is 0 Å². The largest absolute Gasteiger partial charge is 0.248 e. The molecule has 0 amide bonds. The molecular formula is C12H17N3. The molecule has 1 aromatic heterocycles. The summed E-state index contributed by atoms with van der Waals surface area (Å²) in [7, 11) is 1.92. The van der Waals surface area contributed by atoms with Crippen molar-refractivity contribution in [2.45, 2.75) is 33.1 Å². The predicted molar refractivity (Wildman–Crippen MR) is 61.9 cm³/mol. The van der Waals surface area contributed by atoms with E-state index in [0.29, 0.717) is 0 Å². The monoisotopic (exact) mass is 203 g/mol. The Labute approximate surface area is 90.1 Å². The molecule has 1 aromatic carbocycles. The Morgan fingerprint density at radius 3 is 2.47 bits per heavy atom. The highest BCUT2D eigenvalue weighted by atomic mass is 15.4. The number of benzene rings is 1. The van der Waals surface area contributed by atoms with Gasteiger partial charge in [-0.25, -0.2) is 4.68 Å². The van der Waals surface area contributed by atoms with Gasteiger partial charge in [0.05, 0.1) is 5.52 Å². The SMILES string of the molecule is Cc1cc2c(cc1C(C)(C)C)nnn2C. The van der Waals surface area contributed by atoms with Crippen LogP contribution in [0.1, 0.15) is 31.9 Å². The van der Waals surface area contributed by atoms with Crippen LogP contribution in [0.15, 0.2) is 12.1 Å². The van der Waals surface area contributed by atoms with Crippen LogP contribution < -0.4 is 0 Å². The summed E-state index contributed by atoms with van der Waals surface area (Å²) in [4.78, 5) is 0. The molecule has 0 fully saturated rings. The first-order valence-corrected chi connectivity index (χ1v) is 5.20. The summed E-state index contributed by atoms with van der Waals surface area (Å²) in [6.45, 7) is 8.81. The van der Waals surface area contributed by atoms with Crippen LogP contribution in [0.2, 0.25) is 0 Å². The Balaban J connectivity index is 2.74. The number of aryl methyl sites for hydroxylation is 2. The maximum absolute atomic E-state index is 4.15. The topological polar surface area (TPSA) is 30.7 Å². The number of nitrogens with zero attached hydrogens (tertiary/aromatic N) is 3. The van der Waals surface area contributed by atoms with Crippen LogP contribution >= 0.6 is 0 Å². The minimum atomic E-state index is 0.162. The fourth-order valence-corrected chi connectivity index (χ4v) is 1.99. The highest BCUT2D eigenvalue weighted by Crippen LogP contribution is 2.28. The van der Waals surface area contributed by atoms with E-state index in [9.17, 15) is 0 Å². The number of hydrogen-bond donors (Lipinski definition) is 0. The van der Waals surface area contributed by atoms with Crippen LogP contribution in [0.5, 0.6) is 0 Å². The normalized spacial score (nSPS) is 12.3. The van der Waals surface area contributed by atoms with Gasteiger partial charge in [0, 0.05) is 7.05 Å². The van der Waals surface area contributed by atoms with Gasteiger partial charge in [0.2, 0.25) is 0 Å². The second kappa shape index (κ2) is 3.05. The van der Waals surface area contributed by atoms with E-state index in [-0.39, 0.29) is 5.41 Å². The van der Waals surface area contributed by atoms with E-state index in [1.165, 1.54) is 11.1 Å². The van der Waals surface area contributed by atoms with Gasteiger partial charge in [0.15, 0.2) is 0 Å². The first-order chi connectivity index (χ1) is 6.89. The molecule has 0 N–H and O–H groups in total. The summed E-state index contributed by atoms with van der Waals surface area (Å²) in [5.74, 6) is 0. The number of fused-ring (bicyclic) bond motifs is 1. The maximum atomic E-state index is 4.15. The molecule has 3 nitrogen and oxygen atoms in total. The molecule has 3 heteroatoms. The molecule has 0 aliphatic heterocycles. The lowest BCUT2D eigenvalue weighted by Crippen LogP contribution is -2.13. The summed E-state index contributed by atoms with van der Waals surface area (Å²) in [5, 5.41) is 8.17. The Kier molecular flexibility index (Phi) is 2.07. The van der Waals surface area contributed by atoms with Crippen LogP contribution in [-0.2, 0) is 12.5 Å². The molecular weight excluding hydrogens is 186 g/mol. The Morgan fingerprint density at radius 2 is 1.87 bits per heavy atom. The highest BCUT2D eigenvalue weighted by Gasteiger charge is 2.18. The second-order valence-electron chi connectivity index (χ2n) is 5.12. The summed E-state index contributed by atoms with van der Waals surface area (Å²) >= 11 is 0. The summed E-state index contributed by atoms with van der Waals surface area (Å²) < 4.78 is 1.81. The van der Waals surface area contributed by atoms with Crippen molar-refractivity contribution in [3.63, 3.8) is 0 Å². The lowest BCUT2D eigenvalue weighted by Gasteiger charge is -2.21. The van der Waals surface area contributed by atoms with Gasteiger partial charge >= 0.3 is 0 Å². The molecule has 2 aromatic rings. The standard InChI is InChI=1S/C12H17N3/c1-8-6-11-10(13-14-15(11)5)7-9(8)12(2,3)4/h6-7H,1-5H3. The third-order valence-corrected chi connectivity index (χ3v) is 2.76. The molecule has 0 radical (unpaired) electrons. The fraction of sp³-hybridized carbons (Fsp3) is 0.500. The maximum Gasteiger partial charge on any atom is 0.113 e. The zero-order valence-electron chi connectivity index (χ0n) is 10.00. The Morgan fingerprint density at radius 1 is 1.20 bits per heavy atom. The van der Waals surface area contributed by atoms with Crippen LogP contribution in [0.4, 0.5) is 0 Å². The second-order valence-corrected chi connectivity index (χ2v) is 5.12. The van der Waals surface area contributed by atoms with Crippen LogP contribution in [-0.4, -0.2) is 15.0 Å². The Hall–Kier alpha value is -1.38. The molecule has 0 bridgehead atoms. The summed E-state index contributed by atoms with van der Waals surface area (Å²) in [6.07, 6.45) is 0. The van der Waals surface area contributed by atoms with Gasteiger partial charge < -0.3 is 0 Å². The first kappa shape index (κ1) is 10.1. The van der Waals surface area contributed by atoms with Crippen molar-refractivity contribution in [3.05, 3.63) is 23.3 Å². The smallest absolute Gasteiger partial charge is 0.113 e. The molecule has 0 saturated carbocycles. The minimum absolute atomic E-state index is 0.162. The summed E-state index contributed by atoms with van der Waals surface area (Å²) in [6, 6.07) is 4.31. The lowest BCUT2D eigenvalue weighted by atomic mass is 9.84. The van der Waals surface area contributed by atoms with Crippen molar-refractivity contribution in [3.8, 4) is 0 Å². The van der Waals surface area contributed by atoms with Gasteiger partial charge in [-0.15, -0.1) is 5.10 Å². The molecule has 15 heavy (non-hydrogen) atoms. The quantitative estimate of drug-likeness (QED) is 0.659. The molecule has 0 aliphatic carbocycles. The zero-order valence-corrected chi connectivity index (χ0v) is 10.00. The number of aromatic nitrogens is 3. The van der Waals surface area contributed by atoms with Crippen LogP contribution in [0.3, 0.4) is 0 Å². The average Bonchev–Trinajstić information content (AvgIpc) is 2.45. The molecule has 0 spiro atoms. The van der Waals surface area contributed by atoms with Crippen molar-refractivity contribution in [2.75, 3.05) is 0 Å². The van der Waals surface area contributed by atoms with E-state index in [1.54, 1.807) is 0 Å². The Bertz CT molecular complexity index is 503. The number of hydrogen-bond acceptors (Lipinski definition) is 2. The first-order valence-electron chi connectivity index (χ1n) is 5.20. The van der Waals surface area contributed by atoms with Gasteiger partial charge in [-0.2, -0.15) is 0 Å². The number of rotatable bonds is 0. The predicted octanol–water partition coefficient (Wildman–Crippen LogP) is 2.57. The molecule has 80 valence electrons. The van der Waals surface area contributed by atoms with E-state index < -0.39 is 0 Å². The van der Waals surface area contributed by atoms with Crippen LogP contribution in [0.25, 0.3) is 11.0 Å². The third kappa shape index (κ3) is 1.62. The zero-order chi connectivity index (χ0) is 11.2.